The minimum Gasteiger partial charge on any atom is -0.472 e. The van der Waals surface area contributed by atoms with Crippen molar-refractivity contribution in [3.8, 4) is 11.9 Å². The van der Waals surface area contributed by atoms with Crippen molar-refractivity contribution >= 4 is 5.91 Å². The minimum atomic E-state index is 0.0333. The molecule has 1 aromatic rings. The molecular weight excluding hydrogens is 352 g/mol. The Morgan fingerprint density at radius 1 is 1.14 bits per heavy atom. The molecule has 1 amide bonds. The summed E-state index contributed by atoms with van der Waals surface area (Å²) in [6.45, 7) is 2.24. The first kappa shape index (κ1) is 20.6. The van der Waals surface area contributed by atoms with Crippen LogP contribution in [0.25, 0.3) is 0 Å². The number of nitrogens with zero attached hydrogens (tertiary/aromatic N) is 3. The van der Waals surface area contributed by atoms with Crippen molar-refractivity contribution in [2.45, 2.75) is 89.7 Å². The Labute approximate surface area is 168 Å². The van der Waals surface area contributed by atoms with E-state index in [2.05, 4.69) is 22.2 Å². The first-order valence-electron chi connectivity index (χ1n) is 10.9. The molecular formula is C22H32N4O2. The van der Waals surface area contributed by atoms with Crippen LogP contribution in [0.15, 0.2) is 12.4 Å². The fourth-order valence-electron chi connectivity index (χ4n) is 4.50. The molecule has 1 heterocycles. The first-order chi connectivity index (χ1) is 13.7. The Balaban J connectivity index is 1.38. The van der Waals surface area contributed by atoms with Crippen molar-refractivity contribution in [2.75, 3.05) is 0 Å². The molecule has 3 rings (SSSR count). The Bertz CT molecular complexity index is 671. The van der Waals surface area contributed by atoms with Crippen molar-refractivity contribution in [2.24, 2.45) is 11.8 Å². The second kappa shape index (κ2) is 10.4. The SMILES string of the molecule is CCCCC1CCC(C(=O)NC2CCC(Oc3nccnc3C#N)CC2)CC1. The summed E-state index contributed by atoms with van der Waals surface area (Å²) in [4.78, 5) is 20.8. The number of carbonyl (C=O) groups is 1. The third kappa shape index (κ3) is 5.67. The molecule has 0 bridgehead atoms. The lowest BCUT2D eigenvalue weighted by molar-refractivity contribution is -0.127. The number of amides is 1. The zero-order valence-electron chi connectivity index (χ0n) is 16.9. The van der Waals surface area contributed by atoms with Gasteiger partial charge in [-0.05, 0) is 57.3 Å². The third-order valence-corrected chi connectivity index (χ3v) is 6.25. The highest BCUT2D eigenvalue weighted by Crippen LogP contribution is 2.32. The molecule has 2 saturated carbocycles. The summed E-state index contributed by atoms with van der Waals surface area (Å²) in [7, 11) is 0. The molecule has 2 aliphatic carbocycles. The summed E-state index contributed by atoms with van der Waals surface area (Å²) in [5, 5.41) is 12.4. The van der Waals surface area contributed by atoms with Crippen LogP contribution in [0.2, 0.25) is 0 Å². The van der Waals surface area contributed by atoms with Crippen LogP contribution < -0.4 is 10.1 Å². The van der Waals surface area contributed by atoms with E-state index in [9.17, 15) is 4.79 Å². The molecule has 6 heteroatoms. The molecule has 0 unspecified atom stereocenters. The van der Waals surface area contributed by atoms with Gasteiger partial charge in [0, 0.05) is 24.4 Å². The molecule has 152 valence electrons. The number of hydrogen-bond acceptors (Lipinski definition) is 5. The van der Waals surface area contributed by atoms with Gasteiger partial charge in [-0.3, -0.25) is 4.79 Å². The third-order valence-electron chi connectivity index (χ3n) is 6.25. The van der Waals surface area contributed by atoms with Crippen molar-refractivity contribution in [1.29, 1.82) is 5.26 Å². The quantitative estimate of drug-likeness (QED) is 0.763. The van der Waals surface area contributed by atoms with E-state index in [4.69, 9.17) is 10.00 Å². The van der Waals surface area contributed by atoms with Gasteiger partial charge in [-0.1, -0.05) is 26.2 Å². The van der Waals surface area contributed by atoms with Crippen LogP contribution in [0.3, 0.4) is 0 Å². The predicted molar refractivity (Wildman–Crippen MR) is 107 cm³/mol. The fraction of sp³-hybridized carbons (Fsp3) is 0.727. The van der Waals surface area contributed by atoms with E-state index >= 15 is 0 Å². The van der Waals surface area contributed by atoms with Crippen molar-refractivity contribution in [3.05, 3.63) is 18.1 Å². The van der Waals surface area contributed by atoms with Gasteiger partial charge < -0.3 is 10.1 Å². The molecule has 1 aromatic heterocycles. The molecule has 2 aliphatic rings. The van der Waals surface area contributed by atoms with Gasteiger partial charge in [0.2, 0.25) is 11.6 Å². The molecule has 28 heavy (non-hydrogen) atoms. The molecule has 0 aromatic carbocycles. The molecule has 0 aliphatic heterocycles. The number of unbranched alkanes of at least 4 members (excludes halogenated alkanes) is 1. The van der Waals surface area contributed by atoms with Crippen LogP contribution >= 0.6 is 0 Å². The number of hydrogen-bond donors (Lipinski definition) is 1. The number of rotatable bonds is 7. The second-order valence-electron chi connectivity index (χ2n) is 8.28. The van der Waals surface area contributed by atoms with Crippen LogP contribution in [0, 0.1) is 23.2 Å². The number of aromatic nitrogens is 2. The Kier molecular flexibility index (Phi) is 7.64. The summed E-state index contributed by atoms with van der Waals surface area (Å²) < 4.78 is 5.88. The topological polar surface area (TPSA) is 87.9 Å². The number of nitriles is 1. The molecule has 0 spiro atoms. The lowest BCUT2D eigenvalue weighted by Crippen LogP contribution is -2.43. The number of carbonyl (C=O) groups excluding carboxylic acids is 1. The van der Waals surface area contributed by atoms with Gasteiger partial charge in [-0.2, -0.15) is 5.26 Å². The molecule has 6 nitrogen and oxygen atoms in total. The zero-order valence-corrected chi connectivity index (χ0v) is 16.9. The monoisotopic (exact) mass is 384 g/mol. The van der Waals surface area contributed by atoms with Gasteiger partial charge in [-0.25, -0.2) is 9.97 Å². The molecule has 0 saturated heterocycles. The van der Waals surface area contributed by atoms with E-state index in [-0.39, 0.29) is 29.7 Å². The highest BCUT2D eigenvalue weighted by molar-refractivity contribution is 5.79. The maximum Gasteiger partial charge on any atom is 0.251 e. The average molecular weight is 385 g/mol. The average Bonchev–Trinajstić information content (AvgIpc) is 2.74. The lowest BCUT2D eigenvalue weighted by Gasteiger charge is -2.32. The highest BCUT2D eigenvalue weighted by Gasteiger charge is 2.29. The second-order valence-corrected chi connectivity index (χ2v) is 8.28. The zero-order chi connectivity index (χ0) is 19.8. The van der Waals surface area contributed by atoms with E-state index in [0.29, 0.717) is 5.88 Å². The lowest BCUT2D eigenvalue weighted by atomic mass is 9.79. The first-order valence-corrected chi connectivity index (χ1v) is 10.9. The Morgan fingerprint density at radius 2 is 1.86 bits per heavy atom. The van der Waals surface area contributed by atoms with Crippen LogP contribution in [0.5, 0.6) is 5.88 Å². The van der Waals surface area contributed by atoms with Crippen molar-refractivity contribution in [3.63, 3.8) is 0 Å². The van der Waals surface area contributed by atoms with Crippen molar-refractivity contribution in [1.82, 2.24) is 15.3 Å². The van der Waals surface area contributed by atoms with Crippen LogP contribution in [0.4, 0.5) is 0 Å². The summed E-state index contributed by atoms with van der Waals surface area (Å²) in [6, 6.07) is 2.25. The normalized spacial score (nSPS) is 27.6. The molecule has 1 N–H and O–H groups in total. The van der Waals surface area contributed by atoms with E-state index < -0.39 is 0 Å². The minimum absolute atomic E-state index is 0.0333. The van der Waals surface area contributed by atoms with Gasteiger partial charge in [0.25, 0.3) is 5.88 Å². The molecule has 2 fully saturated rings. The van der Waals surface area contributed by atoms with E-state index in [0.717, 1.165) is 44.4 Å². The Hall–Kier alpha value is -2.16. The van der Waals surface area contributed by atoms with E-state index in [1.165, 1.54) is 38.3 Å². The highest BCUT2D eigenvalue weighted by atomic mass is 16.5. The Morgan fingerprint density at radius 3 is 2.54 bits per heavy atom. The van der Waals surface area contributed by atoms with Gasteiger partial charge in [-0.15, -0.1) is 0 Å². The van der Waals surface area contributed by atoms with Gasteiger partial charge >= 0.3 is 0 Å². The number of nitrogens with one attached hydrogen (secondary N) is 1. The van der Waals surface area contributed by atoms with E-state index in [1.807, 2.05) is 6.07 Å². The fourth-order valence-corrected chi connectivity index (χ4v) is 4.50. The summed E-state index contributed by atoms with van der Waals surface area (Å²) in [5.74, 6) is 1.59. The predicted octanol–water partition coefficient (Wildman–Crippen LogP) is 4.15. The van der Waals surface area contributed by atoms with Gasteiger partial charge in [0.05, 0.1) is 0 Å². The van der Waals surface area contributed by atoms with Gasteiger partial charge in [0.15, 0.2) is 0 Å². The van der Waals surface area contributed by atoms with Gasteiger partial charge in [0.1, 0.15) is 12.2 Å². The van der Waals surface area contributed by atoms with Crippen LogP contribution in [-0.2, 0) is 4.79 Å². The summed E-state index contributed by atoms with van der Waals surface area (Å²) in [5.41, 5.74) is 0.229. The smallest absolute Gasteiger partial charge is 0.251 e. The number of ether oxygens (including phenoxy) is 1. The molecule has 0 radical (unpaired) electrons. The largest absolute Gasteiger partial charge is 0.472 e. The summed E-state index contributed by atoms with van der Waals surface area (Å²) >= 11 is 0. The van der Waals surface area contributed by atoms with Crippen LogP contribution in [-0.4, -0.2) is 28.0 Å². The van der Waals surface area contributed by atoms with E-state index in [1.54, 1.807) is 6.20 Å². The van der Waals surface area contributed by atoms with Crippen LogP contribution in [0.1, 0.15) is 83.2 Å². The molecule has 0 atom stereocenters. The standard InChI is InChI=1S/C22H32N4O2/c1-2-3-4-16-5-7-17(8-6-16)21(27)26-18-9-11-19(12-10-18)28-22-20(15-23)24-13-14-25-22/h13-14,16-19H,2-12H2,1H3,(H,26,27). The van der Waals surface area contributed by atoms with Crippen molar-refractivity contribution < 1.29 is 9.53 Å². The maximum absolute atomic E-state index is 12.6. The summed E-state index contributed by atoms with van der Waals surface area (Å²) in [6.07, 6.45) is 15.0. The maximum atomic E-state index is 12.6.